The van der Waals surface area contributed by atoms with Crippen molar-refractivity contribution in [3.05, 3.63) is 34.3 Å². The van der Waals surface area contributed by atoms with Crippen LogP contribution in [-0.2, 0) is 9.53 Å². The molecule has 2 rings (SSSR count). The van der Waals surface area contributed by atoms with Crippen LogP contribution in [0.25, 0.3) is 11.1 Å². The van der Waals surface area contributed by atoms with Gasteiger partial charge in [-0.3, -0.25) is 4.98 Å². The predicted octanol–water partition coefficient (Wildman–Crippen LogP) is 0.327. The molecule has 0 saturated heterocycles. The number of esters is 1. The first-order chi connectivity index (χ1) is 7.63. The molecule has 1 aromatic heterocycles. The van der Waals surface area contributed by atoms with Gasteiger partial charge in [0.15, 0.2) is 11.7 Å². The van der Waals surface area contributed by atoms with Crippen molar-refractivity contribution in [3.63, 3.8) is 0 Å². The Morgan fingerprint density at radius 1 is 1.56 bits per heavy atom. The maximum Gasteiger partial charge on any atom is 0.417 e. The highest BCUT2D eigenvalue weighted by atomic mass is 16.5. The summed E-state index contributed by atoms with van der Waals surface area (Å²) in [7, 11) is 1.17. The molecule has 6 nitrogen and oxygen atoms in total. The molecule has 1 aromatic carbocycles. The molecular formula is C10H9NO5. The van der Waals surface area contributed by atoms with Crippen LogP contribution in [0.3, 0.4) is 0 Å². The number of nitrogens with one attached hydrogen (secondary N) is 1. The average molecular weight is 223 g/mol. The van der Waals surface area contributed by atoms with Gasteiger partial charge in [-0.05, 0) is 6.07 Å². The van der Waals surface area contributed by atoms with Gasteiger partial charge in [0.25, 0.3) is 0 Å². The van der Waals surface area contributed by atoms with Crippen LogP contribution in [-0.4, -0.2) is 23.2 Å². The minimum atomic E-state index is -1.44. The molecule has 0 spiro atoms. The van der Waals surface area contributed by atoms with Crippen molar-refractivity contribution >= 4 is 17.1 Å². The van der Waals surface area contributed by atoms with E-state index in [9.17, 15) is 14.7 Å². The van der Waals surface area contributed by atoms with Crippen LogP contribution in [0.15, 0.2) is 27.4 Å². The van der Waals surface area contributed by atoms with Crippen LogP contribution in [0.5, 0.6) is 0 Å². The topological polar surface area (TPSA) is 92.5 Å². The molecule has 0 aliphatic carbocycles. The third-order valence-electron chi connectivity index (χ3n) is 2.21. The predicted molar refractivity (Wildman–Crippen MR) is 53.8 cm³/mol. The van der Waals surface area contributed by atoms with Crippen LogP contribution < -0.4 is 5.76 Å². The lowest BCUT2D eigenvalue weighted by Crippen LogP contribution is -2.14. The monoisotopic (exact) mass is 223 g/mol. The Balaban J connectivity index is 2.59. The number of aliphatic hydroxyl groups is 1. The molecule has 1 heterocycles. The van der Waals surface area contributed by atoms with E-state index in [1.807, 2.05) is 0 Å². The van der Waals surface area contributed by atoms with Gasteiger partial charge in [0.05, 0.1) is 12.6 Å². The quantitative estimate of drug-likeness (QED) is 0.715. The van der Waals surface area contributed by atoms with Gasteiger partial charge in [-0.25, -0.2) is 9.59 Å². The minimum absolute atomic E-state index is 0.246. The van der Waals surface area contributed by atoms with Gasteiger partial charge in [-0.2, -0.15) is 0 Å². The molecule has 0 radical (unpaired) electrons. The second kappa shape index (κ2) is 3.82. The Hall–Kier alpha value is -2.08. The van der Waals surface area contributed by atoms with E-state index >= 15 is 0 Å². The number of carbonyl (C=O) groups is 1. The zero-order valence-corrected chi connectivity index (χ0v) is 8.39. The van der Waals surface area contributed by atoms with Crippen LogP contribution >= 0.6 is 0 Å². The number of hydrogen-bond acceptors (Lipinski definition) is 5. The normalized spacial score (nSPS) is 12.6. The van der Waals surface area contributed by atoms with Crippen molar-refractivity contribution < 1.29 is 19.1 Å². The van der Waals surface area contributed by atoms with E-state index in [2.05, 4.69) is 9.72 Å². The van der Waals surface area contributed by atoms with E-state index in [0.717, 1.165) is 0 Å². The minimum Gasteiger partial charge on any atom is -0.467 e. The summed E-state index contributed by atoms with van der Waals surface area (Å²) in [6.07, 6.45) is -1.44. The molecule has 16 heavy (non-hydrogen) atoms. The number of H-pyrrole nitrogens is 1. The fourth-order valence-corrected chi connectivity index (χ4v) is 1.46. The van der Waals surface area contributed by atoms with Gasteiger partial charge in [-0.1, -0.05) is 12.1 Å². The fraction of sp³-hybridized carbons (Fsp3) is 0.200. The molecule has 6 heteroatoms. The number of aromatic nitrogens is 1. The molecule has 0 fully saturated rings. The lowest BCUT2D eigenvalue weighted by molar-refractivity contribution is -0.150. The standard InChI is InChI=1S/C10H9NO5/c1-15-9(13)8(12)5-3-2-4-6-7(5)11-10(14)16-6/h2-4,8,12H,1H3,(H,11,14). The Morgan fingerprint density at radius 3 is 3.00 bits per heavy atom. The number of rotatable bonds is 2. The SMILES string of the molecule is COC(=O)C(O)c1cccc2oc(=O)[nH]c12. The van der Waals surface area contributed by atoms with E-state index in [1.54, 1.807) is 12.1 Å². The summed E-state index contributed by atoms with van der Waals surface area (Å²) in [6, 6.07) is 4.64. The second-order valence-corrected chi connectivity index (χ2v) is 3.16. The van der Waals surface area contributed by atoms with Crippen LogP contribution in [0.4, 0.5) is 0 Å². The largest absolute Gasteiger partial charge is 0.467 e. The Morgan fingerprint density at radius 2 is 2.31 bits per heavy atom. The number of benzene rings is 1. The summed E-state index contributed by atoms with van der Waals surface area (Å²) in [5, 5.41) is 9.66. The lowest BCUT2D eigenvalue weighted by Gasteiger charge is -2.08. The van der Waals surface area contributed by atoms with Gasteiger partial charge in [-0.15, -0.1) is 0 Å². The third-order valence-corrected chi connectivity index (χ3v) is 2.21. The van der Waals surface area contributed by atoms with Crippen molar-refractivity contribution in [1.82, 2.24) is 4.98 Å². The molecule has 0 bridgehead atoms. The zero-order chi connectivity index (χ0) is 11.7. The van der Waals surface area contributed by atoms with Crippen molar-refractivity contribution in [1.29, 1.82) is 0 Å². The smallest absolute Gasteiger partial charge is 0.417 e. The van der Waals surface area contributed by atoms with Crippen LogP contribution in [0.2, 0.25) is 0 Å². The summed E-state index contributed by atoms with van der Waals surface area (Å²) in [6.45, 7) is 0. The summed E-state index contributed by atoms with van der Waals surface area (Å²) in [5.41, 5.74) is 0.825. The molecule has 0 amide bonds. The van der Waals surface area contributed by atoms with Gasteiger partial charge in [0.2, 0.25) is 0 Å². The van der Waals surface area contributed by atoms with Crippen LogP contribution in [0.1, 0.15) is 11.7 Å². The van der Waals surface area contributed by atoms with Gasteiger partial charge >= 0.3 is 11.7 Å². The van der Waals surface area contributed by atoms with Gasteiger partial charge in [0.1, 0.15) is 0 Å². The Labute approximate surface area is 89.5 Å². The maximum absolute atomic E-state index is 11.2. The maximum atomic E-state index is 11.2. The van der Waals surface area contributed by atoms with Crippen molar-refractivity contribution in [2.45, 2.75) is 6.10 Å². The van der Waals surface area contributed by atoms with Gasteiger partial charge < -0.3 is 14.3 Å². The molecule has 0 aliphatic heterocycles. The summed E-state index contributed by atoms with van der Waals surface area (Å²) >= 11 is 0. The highest BCUT2D eigenvalue weighted by Crippen LogP contribution is 2.22. The molecule has 1 atom stereocenters. The number of fused-ring (bicyclic) bond motifs is 1. The first-order valence-corrected chi connectivity index (χ1v) is 4.51. The van der Waals surface area contributed by atoms with E-state index in [1.165, 1.54) is 13.2 Å². The Bertz CT molecular complexity index is 582. The fourth-order valence-electron chi connectivity index (χ4n) is 1.46. The van der Waals surface area contributed by atoms with Crippen molar-refractivity contribution in [2.24, 2.45) is 0 Å². The Kier molecular flexibility index (Phi) is 2.49. The number of aromatic amines is 1. The number of ether oxygens (including phenoxy) is 1. The molecule has 0 saturated carbocycles. The second-order valence-electron chi connectivity index (χ2n) is 3.16. The molecule has 1 unspecified atom stereocenters. The summed E-state index contributed by atoms with van der Waals surface area (Å²) < 4.78 is 9.21. The summed E-state index contributed by atoms with van der Waals surface area (Å²) in [4.78, 5) is 24.5. The van der Waals surface area contributed by atoms with Crippen LogP contribution in [0, 0.1) is 0 Å². The van der Waals surface area contributed by atoms with Crippen molar-refractivity contribution in [2.75, 3.05) is 7.11 Å². The first-order valence-electron chi connectivity index (χ1n) is 4.51. The zero-order valence-electron chi connectivity index (χ0n) is 8.39. The number of methoxy groups -OCH3 is 1. The molecule has 84 valence electrons. The molecule has 2 N–H and O–H groups in total. The first kappa shape index (κ1) is 10.4. The molecular weight excluding hydrogens is 214 g/mol. The number of carbonyl (C=O) groups excluding carboxylic acids is 1. The lowest BCUT2D eigenvalue weighted by atomic mass is 10.1. The van der Waals surface area contributed by atoms with Crippen molar-refractivity contribution in [3.8, 4) is 0 Å². The number of para-hydroxylation sites is 1. The average Bonchev–Trinajstić information content (AvgIpc) is 2.66. The highest BCUT2D eigenvalue weighted by Gasteiger charge is 2.21. The number of hydrogen-bond donors (Lipinski definition) is 2. The van der Waals surface area contributed by atoms with E-state index in [0.29, 0.717) is 5.52 Å². The third kappa shape index (κ3) is 1.59. The number of oxazole rings is 1. The molecule has 2 aromatic rings. The number of aliphatic hydroxyl groups excluding tert-OH is 1. The van der Waals surface area contributed by atoms with E-state index in [4.69, 9.17) is 4.42 Å². The van der Waals surface area contributed by atoms with E-state index in [-0.39, 0.29) is 11.1 Å². The van der Waals surface area contributed by atoms with Gasteiger partial charge in [0, 0.05) is 5.56 Å². The summed E-state index contributed by atoms with van der Waals surface area (Å²) in [5.74, 6) is -1.44. The highest BCUT2D eigenvalue weighted by molar-refractivity contribution is 5.84. The molecule has 0 aliphatic rings. The van der Waals surface area contributed by atoms with E-state index < -0.39 is 17.8 Å².